The zero-order chi connectivity index (χ0) is 14.8. The second-order valence-electron chi connectivity index (χ2n) is 4.26. The molecule has 0 unspecified atom stereocenters. The molecular formula is C12H13F3N4O. The lowest BCUT2D eigenvalue weighted by Crippen LogP contribution is -2.27. The van der Waals surface area contributed by atoms with Crippen molar-refractivity contribution in [2.75, 3.05) is 5.73 Å². The quantitative estimate of drug-likeness (QED) is 0.931. The smallest absolute Gasteiger partial charge is 0.382 e. The Hall–Kier alpha value is -2.25. The van der Waals surface area contributed by atoms with Crippen LogP contribution in [-0.4, -0.2) is 14.3 Å². The normalized spacial score (nSPS) is 11.8. The molecule has 0 radical (unpaired) electrons. The zero-order valence-electron chi connectivity index (χ0n) is 10.5. The third-order valence-electron chi connectivity index (χ3n) is 2.77. The first-order valence-corrected chi connectivity index (χ1v) is 5.94. The van der Waals surface area contributed by atoms with Gasteiger partial charge in [-0.1, -0.05) is 6.07 Å². The van der Waals surface area contributed by atoms with Crippen LogP contribution in [0.3, 0.4) is 0 Å². The fraction of sp³-hybridized carbons (Fsp3) is 0.333. The molecule has 0 saturated carbocycles. The number of halogens is 3. The van der Waals surface area contributed by atoms with E-state index in [1.807, 2.05) is 0 Å². The molecule has 0 aliphatic rings. The van der Waals surface area contributed by atoms with Gasteiger partial charge in [0.2, 0.25) is 0 Å². The maximum atomic E-state index is 12.8. The third kappa shape index (κ3) is 3.19. The Morgan fingerprint density at radius 1 is 1.20 bits per heavy atom. The van der Waals surface area contributed by atoms with Crippen molar-refractivity contribution in [3.63, 3.8) is 0 Å². The van der Waals surface area contributed by atoms with Gasteiger partial charge < -0.3 is 10.3 Å². The molecule has 0 atom stereocenters. The van der Waals surface area contributed by atoms with Crippen LogP contribution in [0.5, 0.6) is 0 Å². The van der Waals surface area contributed by atoms with E-state index in [4.69, 9.17) is 5.73 Å². The number of hydrogen-bond acceptors (Lipinski definition) is 3. The summed E-state index contributed by atoms with van der Waals surface area (Å²) in [6.07, 6.45) is -2.57. The fourth-order valence-electron chi connectivity index (χ4n) is 1.89. The van der Waals surface area contributed by atoms with E-state index in [-0.39, 0.29) is 6.54 Å². The molecule has 2 N–H and O–H groups in total. The molecule has 108 valence electrons. The highest BCUT2D eigenvalue weighted by molar-refractivity contribution is 5.23. The van der Waals surface area contributed by atoms with Crippen molar-refractivity contribution < 1.29 is 13.2 Å². The monoisotopic (exact) mass is 286 g/mol. The van der Waals surface area contributed by atoms with Crippen molar-refractivity contribution in [2.45, 2.75) is 25.7 Å². The van der Waals surface area contributed by atoms with Gasteiger partial charge in [-0.05, 0) is 18.6 Å². The number of pyridine rings is 1. The molecular weight excluding hydrogens is 273 g/mol. The summed E-state index contributed by atoms with van der Waals surface area (Å²) in [7, 11) is 0. The summed E-state index contributed by atoms with van der Waals surface area (Å²) < 4.78 is 40.6. The minimum Gasteiger partial charge on any atom is -0.382 e. The van der Waals surface area contributed by atoms with Crippen LogP contribution in [-0.2, 0) is 19.3 Å². The van der Waals surface area contributed by atoms with Crippen LogP contribution in [0.25, 0.3) is 0 Å². The van der Waals surface area contributed by atoms with Crippen molar-refractivity contribution in [1.82, 2.24) is 14.3 Å². The van der Waals surface area contributed by atoms with E-state index in [1.54, 1.807) is 12.3 Å². The van der Waals surface area contributed by atoms with Gasteiger partial charge in [-0.2, -0.15) is 18.3 Å². The second kappa shape index (κ2) is 5.40. The highest BCUT2D eigenvalue weighted by Gasteiger charge is 2.33. The molecule has 8 heteroatoms. The van der Waals surface area contributed by atoms with Gasteiger partial charge in [0.15, 0.2) is 0 Å². The summed E-state index contributed by atoms with van der Waals surface area (Å²) in [6.45, 7) is 0.351. The van der Waals surface area contributed by atoms with Gasteiger partial charge in [-0.3, -0.25) is 9.48 Å². The van der Waals surface area contributed by atoms with Crippen molar-refractivity contribution in [2.24, 2.45) is 0 Å². The van der Waals surface area contributed by atoms with E-state index in [1.165, 1.54) is 4.68 Å². The Bertz CT molecular complexity index is 645. The Morgan fingerprint density at radius 2 is 1.95 bits per heavy atom. The maximum absolute atomic E-state index is 12.8. The van der Waals surface area contributed by atoms with Gasteiger partial charge in [0.25, 0.3) is 5.56 Å². The predicted molar refractivity (Wildman–Crippen MR) is 67.0 cm³/mol. The number of nitrogen functional groups attached to an aromatic ring is 1. The summed E-state index contributed by atoms with van der Waals surface area (Å²) in [5, 5.41) is 3.92. The predicted octanol–water partition coefficient (Wildman–Crippen LogP) is 1.74. The number of anilines is 1. The van der Waals surface area contributed by atoms with Gasteiger partial charge in [0.05, 0.1) is 0 Å². The first-order valence-electron chi connectivity index (χ1n) is 5.94. The molecule has 0 fully saturated rings. The maximum Gasteiger partial charge on any atom is 0.431 e. The molecule has 5 nitrogen and oxygen atoms in total. The second-order valence-corrected chi connectivity index (χ2v) is 4.26. The zero-order valence-corrected chi connectivity index (χ0v) is 10.5. The summed E-state index contributed by atoms with van der Waals surface area (Å²) >= 11 is 0. The van der Waals surface area contributed by atoms with E-state index in [0.29, 0.717) is 18.8 Å². The number of hydrogen-bond donors (Lipinski definition) is 1. The molecule has 0 bridgehead atoms. The van der Waals surface area contributed by atoms with E-state index in [9.17, 15) is 18.0 Å². The van der Waals surface area contributed by atoms with Crippen molar-refractivity contribution in [3.8, 4) is 0 Å². The highest BCUT2D eigenvalue weighted by atomic mass is 19.4. The highest BCUT2D eigenvalue weighted by Crippen LogP contribution is 2.28. The van der Waals surface area contributed by atoms with Crippen LogP contribution in [0.2, 0.25) is 0 Å². The topological polar surface area (TPSA) is 65.8 Å². The van der Waals surface area contributed by atoms with Crippen LogP contribution in [0.4, 0.5) is 19.0 Å². The standard InChI is InChI=1S/C12H13F3N4O/c13-12(14,15)9-3-1-4-11(20)19(9)7-2-6-18-8-5-10(16)17-18/h1,3-5,8H,2,6-7H2,(H2,16,17). The molecule has 0 saturated heterocycles. The molecule has 0 aliphatic heterocycles. The van der Waals surface area contributed by atoms with E-state index in [2.05, 4.69) is 5.10 Å². The molecule has 2 rings (SSSR count). The van der Waals surface area contributed by atoms with Gasteiger partial charge in [0, 0.05) is 25.4 Å². The van der Waals surface area contributed by atoms with Crippen molar-refractivity contribution >= 4 is 5.82 Å². The Morgan fingerprint density at radius 3 is 2.55 bits per heavy atom. The summed E-state index contributed by atoms with van der Waals surface area (Å²) in [6, 6.07) is 4.71. The lowest BCUT2D eigenvalue weighted by molar-refractivity contribution is -0.144. The van der Waals surface area contributed by atoms with Crippen LogP contribution in [0.15, 0.2) is 35.3 Å². The minimum atomic E-state index is -4.55. The SMILES string of the molecule is Nc1ccn(CCCn2c(C(F)(F)F)cccc2=O)n1. The lowest BCUT2D eigenvalue weighted by Gasteiger charge is -2.14. The van der Waals surface area contributed by atoms with Crippen molar-refractivity contribution in [1.29, 1.82) is 0 Å². The van der Waals surface area contributed by atoms with E-state index < -0.39 is 17.4 Å². The summed E-state index contributed by atoms with van der Waals surface area (Å²) in [5.41, 5.74) is 3.82. The van der Waals surface area contributed by atoms with Crippen LogP contribution in [0.1, 0.15) is 12.1 Å². The van der Waals surface area contributed by atoms with Crippen LogP contribution in [0, 0.1) is 0 Å². The molecule has 0 spiro atoms. The van der Waals surface area contributed by atoms with Gasteiger partial charge >= 0.3 is 6.18 Å². The largest absolute Gasteiger partial charge is 0.431 e. The van der Waals surface area contributed by atoms with Gasteiger partial charge in [-0.15, -0.1) is 0 Å². The number of rotatable bonds is 4. The van der Waals surface area contributed by atoms with Gasteiger partial charge in [0.1, 0.15) is 11.5 Å². The molecule has 2 heterocycles. The Balaban J connectivity index is 2.11. The Labute approximate surface area is 112 Å². The molecule has 0 aromatic carbocycles. The number of nitrogens with two attached hydrogens (primary N) is 1. The third-order valence-corrected chi connectivity index (χ3v) is 2.77. The van der Waals surface area contributed by atoms with Gasteiger partial charge in [-0.25, -0.2) is 0 Å². The first kappa shape index (κ1) is 14.2. The average Bonchev–Trinajstić information content (AvgIpc) is 2.76. The van der Waals surface area contributed by atoms with Crippen LogP contribution >= 0.6 is 0 Å². The molecule has 0 aliphatic carbocycles. The number of aryl methyl sites for hydroxylation is 1. The molecule has 2 aromatic heterocycles. The van der Waals surface area contributed by atoms with E-state index in [0.717, 1.165) is 22.8 Å². The lowest BCUT2D eigenvalue weighted by atomic mass is 10.3. The number of alkyl halides is 3. The number of nitrogens with zero attached hydrogens (tertiary/aromatic N) is 3. The average molecular weight is 286 g/mol. The Kier molecular flexibility index (Phi) is 3.82. The van der Waals surface area contributed by atoms with Crippen LogP contribution < -0.4 is 11.3 Å². The minimum absolute atomic E-state index is 0.0335. The fourth-order valence-corrected chi connectivity index (χ4v) is 1.89. The van der Waals surface area contributed by atoms with Crippen molar-refractivity contribution in [3.05, 3.63) is 46.5 Å². The summed E-state index contributed by atoms with van der Waals surface area (Å²) in [5.74, 6) is 0.345. The first-order chi connectivity index (χ1) is 9.38. The molecule has 2 aromatic rings. The number of aromatic nitrogens is 3. The van der Waals surface area contributed by atoms with E-state index >= 15 is 0 Å². The molecule has 0 amide bonds. The summed E-state index contributed by atoms with van der Waals surface area (Å²) in [4.78, 5) is 11.6. The molecule has 20 heavy (non-hydrogen) atoms.